The highest BCUT2D eigenvalue weighted by atomic mass is 35.5. The number of hydrogen-bond acceptors (Lipinski definition) is 3. The van der Waals surface area contributed by atoms with Gasteiger partial charge in [-0.3, -0.25) is 0 Å². The molecule has 1 aliphatic rings. The standard InChI is InChI=1S/C15H24ClN3/c1-4-5-12-6-8-19(9-7-12)14-10-13(16)17-15(18-14)11(2)3/h10-12H,4-9H2,1-3H3. The molecular weight excluding hydrogens is 258 g/mol. The van der Waals surface area contributed by atoms with Gasteiger partial charge in [-0.1, -0.05) is 45.2 Å². The smallest absolute Gasteiger partial charge is 0.135 e. The maximum atomic E-state index is 6.11. The van der Waals surface area contributed by atoms with E-state index in [4.69, 9.17) is 11.6 Å². The maximum absolute atomic E-state index is 6.11. The van der Waals surface area contributed by atoms with Crippen LogP contribution in [0.25, 0.3) is 0 Å². The molecule has 2 rings (SSSR count). The van der Waals surface area contributed by atoms with Crippen LogP contribution in [0.5, 0.6) is 0 Å². The first-order valence-corrected chi connectivity index (χ1v) is 7.77. The molecule has 0 amide bonds. The SMILES string of the molecule is CCCC1CCN(c2cc(Cl)nc(C(C)C)n2)CC1. The van der Waals surface area contributed by atoms with E-state index < -0.39 is 0 Å². The Hall–Kier alpha value is -0.830. The fraction of sp³-hybridized carbons (Fsp3) is 0.733. The fourth-order valence-electron chi connectivity index (χ4n) is 2.70. The van der Waals surface area contributed by atoms with Crippen LogP contribution in [0.15, 0.2) is 6.07 Å². The predicted molar refractivity (Wildman–Crippen MR) is 81.0 cm³/mol. The molecule has 1 fully saturated rings. The fourth-order valence-corrected chi connectivity index (χ4v) is 2.89. The van der Waals surface area contributed by atoms with Crippen LogP contribution in [0.3, 0.4) is 0 Å². The third-order valence-electron chi connectivity index (χ3n) is 3.85. The normalized spacial score (nSPS) is 17.2. The Morgan fingerprint density at radius 2 is 2.00 bits per heavy atom. The van der Waals surface area contributed by atoms with Crippen LogP contribution in [-0.4, -0.2) is 23.1 Å². The van der Waals surface area contributed by atoms with E-state index in [1.165, 1.54) is 25.7 Å². The largest absolute Gasteiger partial charge is 0.356 e. The van der Waals surface area contributed by atoms with Crippen LogP contribution in [0.4, 0.5) is 5.82 Å². The quantitative estimate of drug-likeness (QED) is 0.772. The van der Waals surface area contributed by atoms with Crippen LogP contribution in [0, 0.1) is 5.92 Å². The Morgan fingerprint density at radius 3 is 2.58 bits per heavy atom. The van der Waals surface area contributed by atoms with Gasteiger partial charge in [-0.15, -0.1) is 0 Å². The lowest BCUT2D eigenvalue weighted by molar-refractivity contribution is 0.377. The first-order chi connectivity index (χ1) is 9.10. The predicted octanol–water partition coefficient (Wildman–Crippen LogP) is 4.27. The molecule has 0 aromatic carbocycles. The molecule has 19 heavy (non-hydrogen) atoms. The summed E-state index contributed by atoms with van der Waals surface area (Å²) in [7, 11) is 0. The molecule has 4 heteroatoms. The van der Waals surface area contributed by atoms with Crippen LogP contribution in [0.2, 0.25) is 5.15 Å². The average Bonchev–Trinajstić information content (AvgIpc) is 2.39. The zero-order chi connectivity index (χ0) is 13.8. The molecule has 1 aromatic heterocycles. The molecule has 0 radical (unpaired) electrons. The molecule has 106 valence electrons. The molecule has 0 spiro atoms. The van der Waals surface area contributed by atoms with Gasteiger partial charge in [0, 0.05) is 25.1 Å². The van der Waals surface area contributed by atoms with E-state index in [0.29, 0.717) is 11.1 Å². The van der Waals surface area contributed by atoms with Crippen LogP contribution in [-0.2, 0) is 0 Å². The van der Waals surface area contributed by atoms with Crippen molar-refractivity contribution < 1.29 is 0 Å². The first kappa shape index (κ1) is 14.6. The minimum Gasteiger partial charge on any atom is -0.356 e. The number of piperidine rings is 1. The Morgan fingerprint density at radius 1 is 1.32 bits per heavy atom. The third kappa shape index (κ3) is 3.82. The van der Waals surface area contributed by atoms with E-state index in [2.05, 4.69) is 35.6 Å². The molecule has 0 N–H and O–H groups in total. The van der Waals surface area contributed by atoms with Gasteiger partial charge >= 0.3 is 0 Å². The zero-order valence-corrected chi connectivity index (χ0v) is 13.0. The molecule has 2 heterocycles. The summed E-state index contributed by atoms with van der Waals surface area (Å²) in [5.41, 5.74) is 0. The minimum absolute atomic E-state index is 0.315. The van der Waals surface area contributed by atoms with Crippen LogP contribution >= 0.6 is 11.6 Å². The lowest BCUT2D eigenvalue weighted by atomic mass is 9.92. The molecule has 1 saturated heterocycles. The highest BCUT2D eigenvalue weighted by molar-refractivity contribution is 6.29. The van der Waals surface area contributed by atoms with Gasteiger partial charge in [0.25, 0.3) is 0 Å². The van der Waals surface area contributed by atoms with Crippen molar-refractivity contribution >= 4 is 17.4 Å². The van der Waals surface area contributed by atoms with Gasteiger partial charge in [-0.25, -0.2) is 9.97 Å². The van der Waals surface area contributed by atoms with Crippen molar-refractivity contribution in [3.63, 3.8) is 0 Å². The summed E-state index contributed by atoms with van der Waals surface area (Å²) in [6.45, 7) is 8.66. The highest BCUT2D eigenvalue weighted by Gasteiger charge is 2.20. The van der Waals surface area contributed by atoms with Crippen molar-refractivity contribution in [1.82, 2.24) is 9.97 Å². The van der Waals surface area contributed by atoms with Gasteiger partial charge < -0.3 is 4.90 Å². The summed E-state index contributed by atoms with van der Waals surface area (Å²) >= 11 is 6.11. The van der Waals surface area contributed by atoms with Gasteiger partial charge in [0.15, 0.2) is 0 Å². The van der Waals surface area contributed by atoms with Crippen LogP contribution in [0.1, 0.15) is 58.2 Å². The average molecular weight is 282 g/mol. The molecule has 0 saturated carbocycles. The number of aromatic nitrogens is 2. The summed E-state index contributed by atoms with van der Waals surface area (Å²) in [6.07, 6.45) is 5.19. The lowest BCUT2D eigenvalue weighted by Gasteiger charge is -2.33. The van der Waals surface area contributed by atoms with Gasteiger partial charge in [0.2, 0.25) is 0 Å². The summed E-state index contributed by atoms with van der Waals surface area (Å²) in [5.74, 6) is 3.05. The maximum Gasteiger partial charge on any atom is 0.135 e. The van der Waals surface area contributed by atoms with Crippen molar-refractivity contribution in [3.05, 3.63) is 17.0 Å². The Kier molecular flexibility index (Phi) is 5.03. The second-order valence-corrected chi connectivity index (χ2v) is 6.17. The monoisotopic (exact) mass is 281 g/mol. The molecule has 0 atom stereocenters. The van der Waals surface area contributed by atoms with E-state index in [1.807, 2.05) is 6.07 Å². The van der Waals surface area contributed by atoms with E-state index >= 15 is 0 Å². The van der Waals surface area contributed by atoms with Crippen molar-refractivity contribution in [2.24, 2.45) is 5.92 Å². The minimum atomic E-state index is 0.315. The van der Waals surface area contributed by atoms with Crippen molar-refractivity contribution in [2.75, 3.05) is 18.0 Å². The molecule has 1 aromatic rings. The van der Waals surface area contributed by atoms with E-state index in [0.717, 1.165) is 30.6 Å². The van der Waals surface area contributed by atoms with Crippen molar-refractivity contribution in [2.45, 2.75) is 52.4 Å². The molecule has 0 bridgehead atoms. The molecule has 0 aliphatic carbocycles. The number of nitrogens with zero attached hydrogens (tertiary/aromatic N) is 3. The molecule has 1 aliphatic heterocycles. The summed E-state index contributed by atoms with van der Waals surface area (Å²) in [4.78, 5) is 11.3. The Balaban J connectivity index is 2.06. The van der Waals surface area contributed by atoms with Gasteiger partial charge in [-0.2, -0.15) is 0 Å². The summed E-state index contributed by atoms with van der Waals surface area (Å²) in [6, 6.07) is 1.90. The van der Waals surface area contributed by atoms with Gasteiger partial charge in [0.1, 0.15) is 16.8 Å². The van der Waals surface area contributed by atoms with Gasteiger partial charge in [-0.05, 0) is 18.8 Å². The van der Waals surface area contributed by atoms with E-state index in [1.54, 1.807) is 0 Å². The summed E-state index contributed by atoms with van der Waals surface area (Å²) < 4.78 is 0. The lowest BCUT2D eigenvalue weighted by Crippen LogP contribution is -2.34. The van der Waals surface area contributed by atoms with Crippen LogP contribution < -0.4 is 4.90 Å². The topological polar surface area (TPSA) is 29.0 Å². The first-order valence-electron chi connectivity index (χ1n) is 7.39. The third-order valence-corrected chi connectivity index (χ3v) is 4.04. The van der Waals surface area contributed by atoms with E-state index in [-0.39, 0.29) is 0 Å². The number of anilines is 1. The van der Waals surface area contributed by atoms with Crippen molar-refractivity contribution in [3.8, 4) is 0 Å². The summed E-state index contributed by atoms with van der Waals surface area (Å²) in [5, 5.41) is 0.560. The number of hydrogen-bond donors (Lipinski definition) is 0. The van der Waals surface area contributed by atoms with Crippen molar-refractivity contribution in [1.29, 1.82) is 0 Å². The molecular formula is C15H24ClN3. The zero-order valence-electron chi connectivity index (χ0n) is 12.2. The Bertz CT molecular complexity index is 412. The van der Waals surface area contributed by atoms with E-state index in [9.17, 15) is 0 Å². The molecule has 3 nitrogen and oxygen atoms in total. The highest BCUT2D eigenvalue weighted by Crippen LogP contribution is 2.27. The molecule has 0 unspecified atom stereocenters. The number of rotatable bonds is 4. The second-order valence-electron chi connectivity index (χ2n) is 5.78. The second kappa shape index (κ2) is 6.56. The number of halogens is 1. The Labute approximate surface area is 121 Å². The van der Waals surface area contributed by atoms with Gasteiger partial charge in [0.05, 0.1) is 0 Å².